The van der Waals surface area contributed by atoms with Crippen molar-refractivity contribution in [2.24, 2.45) is 0 Å². The second kappa shape index (κ2) is 5.31. The molecule has 3 nitrogen and oxygen atoms in total. The summed E-state index contributed by atoms with van der Waals surface area (Å²) in [5.41, 5.74) is 0. The molecule has 0 spiro atoms. The Morgan fingerprint density at radius 1 is 1.27 bits per heavy atom. The van der Waals surface area contributed by atoms with E-state index < -0.39 is 10.0 Å². The minimum Gasteiger partial charge on any atom is -0.211 e. The van der Waals surface area contributed by atoms with Crippen molar-refractivity contribution in [3.63, 3.8) is 0 Å². The highest BCUT2D eigenvalue weighted by atomic mass is 127. The second-order valence-corrected chi connectivity index (χ2v) is 6.16. The molecule has 0 N–H and O–H groups in total. The van der Waals surface area contributed by atoms with Crippen LogP contribution in [-0.2, 0) is 10.0 Å². The summed E-state index contributed by atoms with van der Waals surface area (Å²) in [5.74, 6) is 0.260. The lowest BCUT2D eigenvalue weighted by molar-refractivity contribution is 0.549. The van der Waals surface area contributed by atoms with Crippen LogP contribution in [0.2, 0.25) is 0 Å². The molecule has 0 saturated carbocycles. The Kier molecular flexibility index (Phi) is 5.62. The van der Waals surface area contributed by atoms with Crippen LogP contribution in [0, 0.1) is 0 Å². The van der Waals surface area contributed by atoms with E-state index in [4.69, 9.17) is 0 Å². The van der Waals surface area contributed by atoms with E-state index in [1.54, 1.807) is 0 Å². The molecule has 0 aromatic rings. The Hall–Kier alpha value is 0.640. The van der Waals surface area contributed by atoms with E-state index >= 15 is 0 Å². The smallest absolute Gasteiger partial charge is 0.211 e. The van der Waals surface area contributed by atoms with Gasteiger partial charge in [0.2, 0.25) is 10.0 Å². The molecule has 0 fully saturated rings. The van der Waals surface area contributed by atoms with Gasteiger partial charge in [-0.2, -0.15) is 0 Å². The van der Waals surface area contributed by atoms with Gasteiger partial charge < -0.3 is 0 Å². The first-order chi connectivity index (χ1) is 5.04. The van der Waals surface area contributed by atoms with E-state index in [0.29, 0.717) is 13.0 Å². The predicted molar refractivity (Wildman–Crippen MR) is 55.1 cm³/mol. The quantitative estimate of drug-likeness (QED) is 0.572. The Morgan fingerprint density at radius 2 is 1.82 bits per heavy atom. The molecule has 0 aliphatic carbocycles. The maximum absolute atomic E-state index is 11.2. The minimum absolute atomic E-state index is 0.260. The van der Waals surface area contributed by atoms with Crippen LogP contribution in [0.4, 0.5) is 0 Å². The van der Waals surface area contributed by atoms with Crippen molar-refractivity contribution < 1.29 is 8.42 Å². The van der Waals surface area contributed by atoms with Gasteiger partial charge in [-0.1, -0.05) is 13.8 Å². The van der Waals surface area contributed by atoms with Gasteiger partial charge in [0.1, 0.15) is 0 Å². The van der Waals surface area contributed by atoms with Crippen LogP contribution < -0.4 is 0 Å². The monoisotopic (exact) mass is 291 g/mol. The van der Waals surface area contributed by atoms with Crippen LogP contribution in [0.3, 0.4) is 0 Å². The standard InChI is InChI=1S/C6H14INO2S/c1-3-5-8(7)11(9,10)6-4-2/h3-6H2,1-2H3. The van der Waals surface area contributed by atoms with Gasteiger partial charge in [-0.15, -0.1) is 2.52 Å². The van der Waals surface area contributed by atoms with E-state index in [-0.39, 0.29) is 5.75 Å². The molecule has 0 radical (unpaired) electrons. The first kappa shape index (κ1) is 11.6. The molecule has 0 unspecified atom stereocenters. The summed E-state index contributed by atoms with van der Waals surface area (Å²) in [6.45, 7) is 4.45. The third kappa shape index (κ3) is 4.27. The predicted octanol–water partition coefficient (Wildman–Crippen LogP) is 1.79. The van der Waals surface area contributed by atoms with Gasteiger partial charge in [-0.05, 0) is 12.8 Å². The summed E-state index contributed by atoms with van der Waals surface area (Å²) in [6.07, 6.45) is 1.55. The first-order valence-corrected chi connectivity index (χ1v) is 6.28. The maximum atomic E-state index is 11.2. The maximum Gasteiger partial charge on any atom is 0.222 e. The zero-order valence-corrected chi connectivity index (χ0v) is 9.85. The average Bonchev–Trinajstić information content (AvgIpc) is 1.88. The zero-order chi connectivity index (χ0) is 8.91. The molecule has 0 amide bonds. The SMILES string of the molecule is CCCN(I)S(=O)(=O)CCC. The summed E-state index contributed by atoms with van der Waals surface area (Å²) >= 11 is 1.85. The fourth-order valence-corrected chi connectivity index (χ4v) is 2.92. The van der Waals surface area contributed by atoms with Crippen LogP contribution in [0.15, 0.2) is 0 Å². The van der Waals surface area contributed by atoms with Crippen LogP contribution in [0.25, 0.3) is 0 Å². The molecule has 0 bridgehead atoms. The second-order valence-electron chi connectivity index (χ2n) is 2.33. The molecule has 5 heteroatoms. The van der Waals surface area contributed by atoms with E-state index in [1.807, 2.05) is 36.7 Å². The van der Waals surface area contributed by atoms with Crippen LogP contribution in [0.1, 0.15) is 26.7 Å². The molecule has 0 rings (SSSR count). The third-order valence-electron chi connectivity index (χ3n) is 1.16. The molecule has 0 atom stereocenters. The number of nitrogens with zero attached hydrogens (tertiary/aromatic N) is 1. The first-order valence-electron chi connectivity index (χ1n) is 3.70. The molecule has 0 heterocycles. The van der Waals surface area contributed by atoms with Crippen LogP contribution in [0.5, 0.6) is 0 Å². The summed E-state index contributed by atoms with van der Waals surface area (Å²) in [7, 11) is -2.95. The lowest BCUT2D eigenvalue weighted by Crippen LogP contribution is -2.24. The number of sulfonamides is 1. The Labute approximate surface area is 82.7 Å². The zero-order valence-electron chi connectivity index (χ0n) is 6.88. The van der Waals surface area contributed by atoms with Gasteiger partial charge in [0.15, 0.2) is 0 Å². The molecule has 0 aromatic carbocycles. The van der Waals surface area contributed by atoms with Crippen molar-refractivity contribution >= 4 is 32.9 Å². The molecular formula is C6H14INO2S. The van der Waals surface area contributed by atoms with Crippen molar-refractivity contribution in [1.29, 1.82) is 0 Å². The van der Waals surface area contributed by atoms with Crippen molar-refractivity contribution in [1.82, 2.24) is 2.52 Å². The largest absolute Gasteiger partial charge is 0.222 e. The molecule has 0 saturated heterocycles. The van der Waals surface area contributed by atoms with Crippen molar-refractivity contribution in [3.05, 3.63) is 0 Å². The summed E-state index contributed by atoms with van der Waals surface area (Å²) in [6, 6.07) is 0. The molecular weight excluding hydrogens is 277 g/mol. The summed E-state index contributed by atoms with van der Waals surface area (Å²) in [4.78, 5) is 0. The van der Waals surface area contributed by atoms with Crippen LogP contribution >= 0.6 is 22.9 Å². The van der Waals surface area contributed by atoms with E-state index in [1.165, 1.54) is 2.52 Å². The lowest BCUT2D eigenvalue weighted by atomic mass is 10.5. The van der Waals surface area contributed by atoms with Crippen LogP contribution in [-0.4, -0.2) is 23.2 Å². The van der Waals surface area contributed by atoms with Gasteiger partial charge >= 0.3 is 0 Å². The number of hydrogen-bond donors (Lipinski definition) is 0. The summed E-state index contributed by atoms with van der Waals surface area (Å²) in [5, 5.41) is 0. The van der Waals surface area contributed by atoms with Crippen molar-refractivity contribution in [2.75, 3.05) is 12.3 Å². The average molecular weight is 291 g/mol. The number of hydrogen-bond acceptors (Lipinski definition) is 2. The fraction of sp³-hybridized carbons (Fsp3) is 1.00. The Balaban J connectivity index is 4.07. The fourth-order valence-electron chi connectivity index (χ4n) is 0.672. The highest BCUT2D eigenvalue weighted by Crippen LogP contribution is 2.10. The molecule has 11 heavy (non-hydrogen) atoms. The minimum atomic E-state index is -2.95. The van der Waals surface area contributed by atoms with Crippen molar-refractivity contribution in [3.8, 4) is 0 Å². The van der Waals surface area contributed by atoms with E-state index in [9.17, 15) is 8.42 Å². The normalized spacial score (nSPS) is 12.4. The highest BCUT2D eigenvalue weighted by molar-refractivity contribution is 14.1. The van der Waals surface area contributed by atoms with Crippen molar-refractivity contribution in [2.45, 2.75) is 26.7 Å². The van der Waals surface area contributed by atoms with Gasteiger partial charge in [-0.25, -0.2) is 8.42 Å². The third-order valence-corrected chi connectivity index (χ3v) is 5.16. The molecule has 0 aliphatic heterocycles. The Bertz CT molecular complexity index is 191. The lowest BCUT2D eigenvalue weighted by Gasteiger charge is -2.12. The molecule has 0 aliphatic rings. The molecule has 0 aromatic heterocycles. The Morgan fingerprint density at radius 3 is 2.18 bits per heavy atom. The number of rotatable bonds is 5. The topological polar surface area (TPSA) is 37.4 Å². The van der Waals surface area contributed by atoms with Gasteiger partial charge in [0, 0.05) is 29.4 Å². The molecule has 68 valence electrons. The van der Waals surface area contributed by atoms with Gasteiger partial charge in [-0.3, -0.25) is 0 Å². The van der Waals surface area contributed by atoms with Gasteiger partial charge in [0.05, 0.1) is 5.75 Å². The summed E-state index contributed by atoms with van der Waals surface area (Å²) < 4.78 is 23.9. The van der Waals surface area contributed by atoms with E-state index in [2.05, 4.69) is 0 Å². The highest BCUT2D eigenvalue weighted by Gasteiger charge is 2.16. The number of halogens is 1. The van der Waals surface area contributed by atoms with E-state index in [0.717, 1.165) is 6.42 Å². The van der Waals surface area contributed by atoms with Gasteiger partial charge in [0.25, 0.3) is 0 Å².